The Morgan fingerprint density at radius 3 is 2.74 bits per heavy atom. The van der Waals surface area contributed by atoms with E-state index in [0.29, 0.717) is 17.2 Å². The first-order valence-electron chi connectivity index (χ1n) is 8.65. The van der Waals surface area contributed by atoms with Crippen molar-refractivity contribution in [3.63, 3.8) is 0 Å². The number of thiazole rings is 1. The van der Waals surface area contributed by atoms with E-state index in [0.717, 1.165) is 22.8 Å². The summed E-state index contributed by atoms with van der Waals surface area (Å²) in [5, 5.41) is 0. The van der Waals surface area contributed by atoms with Crippen LogP contribution in [0.15, 0.2) is 46.2 Å². The van der Waals surface area contributed by atoms with Crippen LogP contribution in [0.5, 0.6) is 0 Å². The van der Waals surface area contributed by atoms with Crippen LogP contribution >= 0.6 is 11.3 Å². The van der Waals surface area contributed by atoms with Gasteiger partial charge < -0.3 is 4.90 Å². The van der Waals surface area contributed by atoms with Gasteiger partial charge in [-0.05, 0) is 50.3 Å². The van der Waals surface area contributed by atoms with Crippen LogP contribution in [0.2, 0.25) is 0 Å². The smallest absolute Gasteiger partial charge is 0.259 e. The van der Waals surface area contributed by atoms with Gasteiger partial charge in [0.05, 0.1) is 17.9 Å². The van der Waals surface area contributed by atoms with Crippen molar-refractivity contribution in [1.29, 1.82) is 0 Å². The second kappa shape index (κ2) is 8.26. The largest absolute Gasteiger partial charge is 0.366 e. The summed E-state index contributed by atoms with van der Waals surface area (Å²) in [6, 6.07) is 7.90. The highest BCUT2D eigenvalue weighted by Gasteiger charge is 2.13. The molecule has 27 heavy (non-hydrogen) atoms. The summed E-state index contributed by atoms with van der Waals surface area (Å²) in [6.45, 7) is 5.19. The lowest BCUT2D eigenvalue weighted by Gasteiger charge is -2.22. The Morgan fingerprint density at radius 2 is 2.07 bits per heavy atom. The molecule has 0 aliphatic rings. The Morgan fingerprint density at radius 1 is 1.33 bits per heavy atom. The lowest BCUT2D eigenvalue weighted by atomic mass is 10.2. The van der Waals surface area contributed by atoms with Gasteiger partial charge in [0.1, 0.15) is 5.82 Å². The van der Waals surface area contributed by atoms with E-state index >= 15 is 0 Å². The zero-order valence-electron chi connectivity index (χ0n) is 15.5. The highest BCUT2D eigenvalue weighted by Crippen LogP contribution is 2.22. The third-order valence-electron chi connectivity index (χ3n) is 4.20. The Labute approximate surface area is 161 Å². The zero-order chi connectivity index (χ0) is 19.4. The quantitative estimate of drug-likeness (QED) is 0.605. The topological polar surface area (TPSA) is 50.0 Å². The molecule has 3 rings (SSSR count). The number of hydrogen-bond donors (Lipinski definition) is 0. The number of aryl methyl sites for hydroxylation is 1. The Kier molecular flexibility index (Phi) is 5.81. The molecule has 3 aromatic rings. The number of hydrogen-bond acceptors (Lipinski definition) is 5. The van der Waals surface area contributed by atoms with Crippen molar-refractivity contribution >= 4 is 34.3 Å². The normalized spacial score (nSPS) is 11.9. The second-order valence-electron chi connectivity index (χ2n) is 6.00. The summed E-state index contributed by atoms with van der Waals surface area (Å²) in [7, 11) is 1.70. The highest BCUT2D eigenvalue weighted by molar-refractivity contribution is 7.17. The Balaban J connectivity index is 1.96. The molecule has 0 aliphatic carbocycles. The molecule has 0 spiro atoms. The van der Waals surface area contributed by atoms with E-state index in [1.165, 1.54) is 23.5 Å². The maximum absolute atomic E-state index is 13.2. The number of fused-ring (bicyclic) bond motifs is 1. The van der Waals surface area contributed by atoms with E-state index < -0.39 is 0 Å². The summed E-state index contributed by atoms with van der Waals surface area (Å²) in [5.74, 6) is -0.268. The van der Waals surface area contributed by atoms with Crippen molar-refractivity contribution in [2.24, 2.45) is 4.99 Å². The monoisotopic (exact) mass is 384 g/mol. The first-order chi connectivity index (χ1) is 13.0. The number of aromatic nitrogens is 2. The standard InChI is InChI=1S/C20H21FN4OS/c1-4-24(17-9-7-15(21)8-10-17)13-16-12-19(26)25-18(6-5-11-22-3)14(2)27-20(25)23-16/h5-12H,4,13H2,1-3H3/b6-5-,22-11?. The van der Waals surface area contributed by atoms with Gasteiger partial charge in [-0.1, -0.05) is 0 Å². The molecule has 0 amide bonds. The van der Waals surface area contributed by atoms with Crippen molar-refractivity contribution in [2.45, 2.75) is 20.4 Å². The molecule has 0 saturated heterocycles. The lowest BCUT2D eigenvalue weighted by molar-refractivity contribution is 0.627. The summed E-state index contributed by atoms with van der Waals surface area (Å²) in [4.78, 5) is 25.0. The summed E-state index contributed by atoms with van der Waals surface area (Å²) in [6.07, 6.45) is 5.35. The van der Waals surface area contributed by atoms with Crippen LogP contribution < -0.4 is 10.5 Å². The number of anilines is 1. The van der Waals surface area contributed by atoms with Gasteiger partial charge in [0.15, 0.2) is 4.96 Å². The van der Waals surface area contributed by atoms with Gasteiger partial charge in [0, 0.05) is 36.4 Å². The fourth-order valence-electron chi connectivity index (χ4n) is 2.87. The summed E-state index contributed by atoms with van der Waals surface area (Å²) < 4.78 is 14.8. The molecular weight excluding hydrogens is 363 g/mol. The Bertz CT molecular complexity index is 1050. The van der Waals surface area contributed by atoms with Crippen LogP contribution in [0, 0.1) is 12.7 Å². The molecule has 2 aromatic heterocycles. The van der Waals surface area contributed by atoms with Crippen molar-refractivity contribution in [2.75, 3.05) is 18.5 Å². The zero-order valence-corrected chi connectivity index (χ0v) is 16.3. The molecule has 1 aromatic carbocycles. The minimum atomic E-state index is -0.268. The third-order valence-corrected chi connectivity index (χ3v) is 5.17. The predicted molar refractivity (Wildman–Crippen MR) is 111 cm³/mol. The van der Waals surface area contributed by atoms with Gasteiger partial charge in [-0.15, -0.1) is 11.3 Å². The molecule has 0 N–H and O–H groups in total. The molecule has 0 fully saturated rings. The molecule has 0 unspecified atom stereocenters. The van der Waals surface area contributed by atoms with Gasteiger partial charge >= 0.3 is 0 Å². The molecule has 140 valence electrons. The fourth-order valence-corrected chi connectivity index (χ4v) is 3.85. The minimum absolute atomic E-state index is 0.109. The Hall–Kier alpha value is -2.80. The van der Waals surface area contributed by atoms with Crippen LogP contribution in [0.3, 0.4) is 0 Å². The number of aliphatic imine (C=N–C) groups is 1. The molecule has 5 nitrogen and oxygen atoms in total. The van der Waals surface area contributed by atoms with Crippen LogP contribution in [-0.4, -0.2) is 29.2 Å². The SMILES string of the molecule is CCN(Cc1cc(=O)n2c(/C=C\C=NC)c(C)sc2n1)c1ccc(F)cc1. The van der Waals surface area contributed by atoms with Crippen molar-refractivity contribution in [3.8, 4) is 0 Å². The predicted octanol–water partition coefficient (Wildman–Crippen LogP) is 3.94. The van der Waals surface area contributed by atoms with Gasteiger partial charge in [0.2, 0.25) is 0 Å². The minimum Gasteiger partial charge on any atom is -0.366 e. The van der Waals surface area contributed by atoms with Gasteiger partial charge in [-0.3, -0.25) is 14.2 Å². The number of allylic oxidation sites excluding steroid dienone is 1. The fraction of sp³-hybridized carbons (Fsp3) is 0.250. The third kappa shape index (κ3) is 4.14. The summed E-state index contributed by atoms with van der Waals surface area (Å²) in [5.41, 5.74) is 2.30. The average Bonchev–Trinajstić information content (AvgIpc) is 2.96. The van der Waals surface area contributed by atoms with Crippen LogP contribution in [0.25, 0.3) is 11.0 Å². The lowest BCUT2D eigenvalue weighted by Crippen LogP contribution is -2.24. The first kappa shape index (κ1) is 19.0. The summed E-state index contributed by atoms with van der Waals surface area (Å²) >= 11 is 1.49. The highest BCUT2D eigenvalue weighted by atomic mass is 32.1. The molecule has 2 heterocycles. The van der Waals surface area contributed by atoms with Gasteiger partial charge in [0.25, 0.3) is 5.56 Å². The van der Waals surface area contributed by atoms with E-state index in [-0.39, 0.29) is 11.4 Å². The number of rotatable bonds is 6. The first-order valence-corrected chi connectivity index (χ1v) is 9.46. The second-order valence-corrected chi connectivity index (χ2v) is 7.19. The van der Waals surface area contributed by atoms with Crippen molar-refractivity contribution in [3.05, 3.63) is 68.8 Å². The average molecular weight is 384 g/mol. The number of benzene rings is 1. The van der Waals surface area contributed by atoms with E-state index in [9.17, 15) is 9.18 Å². The van der Waals surface area contributed by atoms with Crippen LogP contribution in [0.4, 0.5) is 10.1 Å². The number of nitrogens with zero attached hydrogens (tertiary/aromatic N) is 4. The maximum Gasteiger partial charge on any atom is 0.259 e. The molecule has 0 saturated carbocycles. The van der Waals surface area contributed by atoms with E-state index in [1.807, 2.05) is 26.0 Å². The van der Waals surface area contributed by atoms with Gasteiger partial charge in [-0.2, -0.15) is 0 Å². The van der Waals surface area contributed by atoms with E-state index in [2.05, 4.69) is 14.9 Å². The molecule has 7 heteroatoms. The van der Waals surface area contributed by atoms with Crippen molar-refractivity contribution in [1.82, 2.24) is 9.38 Å². The van der Waals surface area contributed by atoms with Crippen LogP contribution in [0.1, 0.15) is 23.2 Å². The molecule has 0 bridgehead atoms. The molecule has 0 atom stereocenters. The van der Waals surface area contributed by atoms with E-state index in [4.69, 9.17) is 0 Å². The van der Waals surface area contributed by atoms with Gasteiger partial charge in [-0.25, -0.2) is 9.37 Å². The van der Waals surface area contributed by atoms with Crippen LogP contribution in [-0.2, 0) is 6.54 Å². The molecular formula is C20H21FN4OS. The van der Waals surface area contributed by atoms with Crippen molar-refractivity contribution < 1.29 is 4.39 Å². The molecule has 0 radical (unpaired) electrons. The van der Waals surface area contributed by atoms with E-state index in [1.54, 1.807) is 35.9 Å². The number of halogens is 1. The maximum atomic E-state index is 13.2. The molecule has 0 aliphatic heterocycles.